The molecule has 0 aliphatic heterocycles. The number of aryl methyl sites for hydroxylation is 1. The Morgan fingerprint density at radius 3 is 2.59 bits per heavy atom. The third kappa shape index (κ3) is 1.66. The van der Waals surface area contributed by atoms with Gasteiger partial charge in [0.25, 0.3) is 0 Å². The van der Waals surface area contributed by atoms with Crippen LogP contribution >= 0.6 is 11.3 Å². The highest BCUT2D eigenvalue weighted by atomic mass is 32.1. The smallest absolute Gasteiger partial charge is 0.0384 e. The monoisotopic (exact) mass is 240 g/mol. The second kappa shape index (κ2) is 3.85. The van der Waals surface area contributed by atoms with E-state index in [0.29, 0.717) is 5.92 Å². The molecule has 0 spiro atoms. The molecule has 0 fully saturated rings. The van der Waals surface area contributed by atoms with Gasteiger partial charge in [0, 0.05) is 20.2 Å². The van der Waals surface area contributed by atoms with E-state index < -0.39 is 0 Å². The minimum atomic E-state index is 0.596. The number of hydrogen-bond acceptors (Lipinski definition) is 1. The summed E-state index contributed by atoms with van der Waals surface area (Å²) >= 11 is 1.91. The molecular formula is C16H16S. The third-order valence-electron chi connectivity index (χ3n) is 3.38. The van der Waals surface area contributed by atoms with Gasteiger partial charge in [0.2, 0.25) is 0 Å². The summed E-state index contributed by atoms with van der Waals surface area (Å²) in [5.74, 6) is 0.596. The van der Waals surface area contributed by atoms with Gasteiger partial charge in [-0.2, -0.15) is 0 Å². The molecule has 0 amide bonds. The van der Waals surface area contributed by atoms with Crippen molar-refractivity contribution in [2.45, 2.75) is 26.7 Å². The van der Waals surface area contributed by atoms with Crippen molar-refractivity contribution >= 4 is 31.5 Å². The maximum atomic E-state index is 2.36. The zero-order valence-corrected chi connectivity index (χ0v) is 11.3. The van der Waals surface area contributed by atoms with E-state index in [1.807, 2.05) is 11.3 Å². The van der Waals surface area contributed by atoms with Crippen molar-refractivity contribution in [1.29, 1.82) is 0 Å². The van der Waals surface area contributed by atoms with Crippen molar-refractivity contribution in [1.82, 2.24) is 0 Å². The highest BCUT2D eigenvalue weighted by molar-refractivity contribution is 7.26. The van der Waals surface area contributed by atoms with Crippen LogP contribution in [0.2, 0.25) is 0 Å². The highest BCUT2D eigenvalue weighted by Gasteiger charge is 2.08. The molecule has 0 saturated carbocycles. The van der Waals surface area contributed by atoms with Crippen LogP contribution in [0.15, 0.2) is 36.4 Å². The molecule has 17 heavy (non-hydrogen) atoms. The first-order chi connectivity index (χ1) is 8.16. The second-order valence-corrected chi connectivity index (χ2v) is 6.02. The lowest BCUT2D eigenvalue weighted by atomic mass is 10.0. The van der Waals surface area contributed by atoms with Gasteiger partial charge in [0.15, 0.2) is 0 Å². The fourth-order valence-electron chi connectivity index (χ4n) is 2.32. The van der Waals surface area contributed by atoms with E-state index in [4.69, 9.17) is 0 Å². The number of benzene rings is 2. The molecule has 0 saturated heterocycles. The molecule has 1 heteroatoms. The number of hydrogen-bond donors (Lipinski definition) is 0. The van der Waals surface area contributed by atoms with Gasteiger partial charge in [-0.15, -0.1) is 11.3 Å². The Hall–Kier alpha value is -1.34. The number of rotatable bonds is 1. The van der Waals surface area contributed by atoms with E-state index in [2.05, 4.69) is 57.2 Å². The molecule has 0 radical (unpaired) electrons. The van der Waals surface area contributed by atoms with Crippen LogP contribution in [0.25, 0.3) is 20.2 Å². The summed E-state index contributed by atoms with van der Waals surface area (Å²) in [6.07, 6.45) is 0. The Bertz CT molecular complexity index is 689. The van der Waals surface area contributed by atoms with Crippen molar-refractivity contribution < 1.29 is 0 Å². The molecular weight excluding hydrogens is 224 g/mol. The quantitative estimate of drug-likeness (QED) is 0.528. The Labute approximate surface area is 106 Å². The second-order valence-electron chi connectivity index (χ2n) is 4.96. The Kier molecular flexibility index (Phi) is 2.44. The van der Waals surface area contributed by atoms with Crippen LogP contribution in [0.3, 0.4) is 0 Å². The molecule has 0 N–H and O–H groups in total. The topological polar surface area (TPSA) is 0 Å². The van der Waals surface area contributed by atoms with Crippen molar-refractivity contribution in [3.8, 4) is 0 Å². The summed E-state index contributed by atoms with van der Waals surface area (Å²) in [6, 6.07) is 13.5. The first-order valence-electron chi connectivity index (χ1n) is 6.08. The van der Waals surface area contributed by atoms with E-state index in [-0.39, 0.29) is 0 Å². The summed E-state index contributed by atoms with van der Waals surface area (Å²) in [5, 5.41) is 2.83. The standard InChI is InChI=1S/C16H16S/c1-10(2)12-7-8-15-14(9-12)13-6-4-5-11(3)16(13)17-15/h4-10H,1-3H3. The van der Waals surface area contributed by atoms with Gasteiger partial charge < -0.3 is 0 Å². The fourth-order valence-corrected chi connectivity index (χ4v) is 3.47. The lowest BCUT2D eigenvalue weighted by Gasteiger charge is -2.04. The van der Waals surface area contributed by atoms with Crippen LogP contribution in [0.4, 0.5) is 0 Å². The lowest BCUT2D eigenvalue weighted by molar-refractivity contribution is 0.869. The summed E-state index contributed by atoms with van der Waals surface area (Å²) < 4.78 is 2.84. The molecule has 0 aliphatic carbocycles. The zero-order valence-electron chi connectivity index (χ0n) is 10.4. The molecule has 86 valence electrons. The molecule has 3 aromatic rings. The first-order valence-corrected chi connectivity index (χ1v) is 6.90. The predicted octanol–water partition coefficient (Wildman–Crippen LogP) is 5.49. The Balaban J connectivity index is 2.42. The van der Waals surface area contributed by atoms with Gasteiger partial charge in [0.1, 0.15) is 0 Å². The molecule has 0 unspecified atom stereocenters. The molecule has 0 aliphatic rings. The third-order valence-corrected chi connectivity index (χ3v) is 4.71. The average Bonchev–Trinajstić information content (AvgIpc) is 2.68. The predicted molar refractivity (Wildman–Crippen MR) is 78.2 cm³/mol. The molecule has 1 aromatic heterocycles. The van der Waals surface area contributed by atoms with E-state index >= 15 is 0 Å². The van der Waals surface area contributed by atoms with Gasteiger partial charge in [-0.3, -0.25) is 0 Å². The van der Waals surface area contributed by atoms with Crippen molar-refractivity contribution in [2.24, 2.45) is 0 Å². The van der Waals surface area contributed by atoms with Crippen LogP contribution in [0.5, 0.6) is 0 Å². The van der Waals surface area contributed by atoms with Crippen LogP contribution in [0.1, 0.15) is 30.9 Å². The Morgan fingerprint density at radius 2 is 1.82 bits per heavy atom. The van der Waals surface area contributed by atoms with Crippen LogP contribution in [-0.2, 0) is 0 Å². The van der Waals surface area contributed by atoms with Gasteiger partial charge in [-0.1, -0.05) is 38.1 Å². The van der Waals surface area contributed by atoms with E-state index in [9.17, 15) is 0 Å². The molecule has 0 nitrogen and oxygen atoms in total. The number of fused-ring (bicyclic) bond motifs is 3. The van der Waals surface area contributed by atoms with E-state index in [1.165, 1.54) is 31.3 Å². The zero-order chi connectivity index (χ0) is 12.0. The highest BCUT2D eigenvalue weighted by Crippen LogP contribution is 2.36. The Morgan fingerprint density at radius 1 is 1.00 bits per heavy atom. The molecule has 0 bridgehead atoms. The van der Waals surface area contributed by atoms with Crippen LogP contribution < -0.4 is 0 Å². The summed E-state index contributed by atoms with van der Waals surface area (Å²) in [7, 11) is 0. The molecule has 2 aromatic carbocycles. The van der Waals surface area contributed by atoms with Crippen molar-refractivity contribution in [3.63, 3.8) is 0 Å². The van der Waals surface area contributed by atoms with Gasteiger partial charge in [-0.25, -0.2) is 0 Å². The average molecular weight is 240 g/mol. The first kappa shape index (κ1) is 10.8. The minimum Gasteiger partial charge on any atom is -0.135 e. The summed E-state index contributed by atoms with van der Waals surface area (Å²) in [5.41, 5.74) is 2.81. The van der Waals surface area contributed by atoms with Crippen molar-refractivity contribution in [2.75, 3.05) is 0 Å². The van der Waals surface area contributed by atoms with E-state index in [0.717, 1.165) is 0 Å². The fraction of sp³-hybridized carbons (Fsp3) is 0.250. The minimum absolute atomic E-state index is 0.596. The normalized spacial score (nSPS) is 11.8. The summed E-state index contributed by atoms with van der Waals surface area (Å²) in [6.45, 7) is 6.70. The number of thiophene rings is 1. The van der Waals surface area contributed by atoms with Gasteiger partial charge in [0.05, 0.1) is 0 Å². The van der Waals surface area contributed by atoms with Gasteiger partial charge >= 0.3 is 0 Å². The molecule has 1 heterocycles. The van der Waals surface area contributed by atoms with Gasteiger partial charge in [-0.05, 0) is 36.1 Å². The molecule has 0 atom stereocenters. The summed E-state index contributed by atoms with van der Waals surface area (Å²) in [4.78, 5) is 0. The maximum Gasteiger partial charge on any atom is 0.0384 e. The van der Waals surface area contributed by atoms with E-state index in [1.54, 1.807) is 0 Å². The lowest BCUT2D eigenvalue weighted by Crippen LogP contribution is -1.85. The SMILES string of the molecule is Cc1cccc2c1sc1ccc(C(C)C)cc12. The maximum absolute atomic E-state index is 2.36. The van der Waals surface area contributed by atoms with Crippen LogP contribution in [0, 0.1) is 6.92 Å². The molecule has 3 rings (SSSR count). The largest absolute Gasteiger partial charge is 0.135 e. The van der Waals surface area contributed by atoms with Crippen LogP contribution in [-0.4, -0.2) is 0 Å². The van der Waals surface area contributed by atoms with Crippen molar-refractivity contribution in [3.05, 3.63) is 47.5 Å².